The van der Waals surface area contributed by atoms with Gasteiger partial charge in [0.1, 0.15) is 11.6 Å². The van der Waals surface area contributed by atoms with Crippen molar-refractivity contribution in [3.63, 3.8) is 0 Å². The summed E-state index contributed by atoms with van der Waals surface area (Å²) in [5, 5.41) is 0. The number of aldehydes is 1. The zero-order valence-electron chi connectivity index (χ0n) is 14.7. The Morgan fingerprint density at radius 2 is 1.69 bits per heavy atom. The van der Waals surface area contributed by atoms with Crippen LogP contribution in [0.25, 0.3) is 11.6 Å². The first kappa shape index (κ1) is 21.7. The first-order valence-electron chi connectivity index (χ1n) is 7.64. The lowest BCUT2D eigenvalue weighted by Crippen LogP contribution is -1.96. The van der Waals surface area contributed by atoms with Gasteiger partial charge in [-0.15, -0.1) is 0 Å². The zero-order valence-corrected chi connectivity index (χ0v) is 15.5. The number of hydrogen-bond donors (Lipinski definition) is 0. The van der Waals surface area contributed by atoms with Crippen LogP contribution in [0.2, 0.25) is 0 Å². The van der Waals surface area contributed by atoms with E-state index in [2.05, 4.69) is 4.74 Å². The van der Waals surface area contributed by atoms with Crippen molar-refractivity contribution in [3.05, 3.63) is 65.2 Å². The van der Waals surface area contributed by atoms with Gasteiger partial charge in [0.25, 0.3) is 0 Å². The second-order valence-corrected chi connectivity index (χ2v) is 7.28. The van der Waals surface area contributed by atoms with E-state index < -0.39 is 21.5 Å². The summed E-state index contributed by atoms with van der Waals surface area (Å²) in [5.41, 5.74) is 0.534. The molecular weight excluding hydrogens is 362 g/mol. The highest BCUT2D eigenvalue weighted by Crippen LogP contribution is 2.21. The largest absolute Gasteiger partial charge is 0.385 e. The highest BCUT2D eigenvalue weighted by molar-refractivity contribution is 7.90. The van der Waals surface area contributed by atoms with Crippen LogP contribution in [0, 0.1) is 11.6 Å². The van der Waals surface area contributed by atoms with Gasteiger partial charge in [-0.3, -0.25) is 4.79 Å². The van der Waals surface area contributed by atoms with Crippen LogP contribution in [0.15, 0.2) is 47.4 Å². The van der Waals surface area contributed by atoms with Gasteiger partial charge >= 0.3 is 0 Å². The Morgan fingerprint density at radius 1 is 1.12 bits per heavy atom. The van der Waals surface area contributed by atoms with E-state index in [1.165, 1.54) is 36.4 Å². The van der Waals surface area contributed by atoms with Gasteiger partial charge < -0.3 is 4.74 Å². The average molecular weight is 382 g/mol. The maximum Gasteiger partial charge on any atom is 0.175 e. The molecule has 0 amide bonds. The van der Waals surface area contributed by atoms with Gasteiger partial charge in [-0.05, 0) is 42.8 Å². The molecule has 0 unspecified atom stereocenters. The van der Waals surface area contributed by atoms with Crippen molar-refractivity contribution in [1.29, 1.82) is 0 Å². The van der Waals surface area contributed by atoms with Crippen molar-refractivity contribution >= 4 is 27.8 Å². The molecule has 0 spiro atoms. The van der Waals surface area contributed by atoms with Crippen molar-refractivity contribution in [2.45, 2.75) is 11.8 Å². The highest BCUT2D eigenvalue weighted by Gasteiger charge is 2.10. The minimum Gasteiger partial charge on any atom is -0.385 e. The molecule has 4 nitrogen and oxygen atoms in total. The molecule has 0 saturated heterocycles. The summed E-state index contributed by atoms with van der Waals surface area (Å²) < 4.78 is 53.9. The van der Waals surface area contributed by atoms with Gasteiger partial charge in [-0.1, -0.05) is 12.1 Å². The van der Waals surface area contributed by atoms with Crippen LogP contribution < -0.4 is 0 Å². The fraction of sp³-hybridized carbons (Fsp3) is 0.211. The number of methoxy groups -OCH3 is 1. The standard InChI is InChI=1S/C16H12F2O3S.C3H8O/c1-22(20,21)14-5-2-11(3-6-14)8-12(10-19)15-7-4-13(17)9-16(15)18;1-3-4-2/h2-10H,1H3;3H2,1-2H3/b12-8-;. The van der Waals surface area contributed by atoms with Crippen LogP contribution in [0.5, 0.6) is 0 Å². The molecule has 0 radical (unpaired) electrons. The lowest BCUT2D eigenvalue weighted by Gasteiger charge is -2.04. The number of ether oxygens (including phenoxy) is 1. The number of hydrogen-bond acceptors (Lipinski definition) is 4. The van der Waals surface area contributed by atoms with E-state index in [-0.39, 0.29) is 16.0 Å². The number of sulfone groups is 1. The molecular formula is C19H20F2O4S. The molecule has 0 aliphatic carbocycles. The van der Waals surface area contributed by atoms with Crippen LogP contribution in [0.4, 0.5) is 8.78 Å². The van der Waals surface area contributed by atoms with Crippen LogP contribution >= 0.6 is 0 Å². The quantitative estimate of drug-likeness (QED) is 0.449. The molecule has 0 aromatic heterocycles. The Kier molecular flexibility index (Phi) is 8.28. The topological polar surface area (TPSA) is 60.4 Å². The molecule has 0 N–H and O–H groups in total. The third kappa shape index (κ3) is 6.50. The predicted octanol–water partition coefficient (Wildman–Crippen LogP) is 3.76. The van der Waals surface area contributed by atoms with Crippen LogP contribution in [0.1, 0.15) is 18.1 Å². The number of carbonyl (C=O) groups excluding carboxylic acids is 1. The Hall–Kier alpha value is -2.38. The molecule has 0 bridgehead atoms. The molecule has 0 aliphatic rings. The first-order valence-corrected chi connectivity index (χ1v) is 9.53. The van der Waals surface area contributed by atoms with E-state index in [1.807, 2.05) is 6.92 Å². The maximum absolute atomic E-state index is 13.7. The molecule has 140 valence electrons. The van der Waals surface area contributed by atoms with E-state index in [9.17, 15) is 22.0 Å². The van der Waals surface area contributed by atoms with E-state index >= 15 is 0 Å². The SMILES string of the molecule is CCOC.CS(=O)(=O)c1ccc(/C=C(/C=O)c2ccc(F)cc2F)cc1. The van der Waals surface area contributed by atoms with E-state index in [4.69, 9.17) is 0 Å². The smallest absolute Gasteiger partial charge is 0.175 e. The molecule has 0 atom stereocenters. The van der Waals surface area contributed by atoms with Crippen LogP contribution in [-0.4, -0.2) is 34.7 Å². The second-order valence-electron chi connectivity index (χ2n) is 5.26. The summed E-state index contributed by atoms with van der Waals surface area (Å²) in [7, 11) is -1.63. The minimum atomic E-state index is -3.31. The Labute approximate surface area is 152 Å². The molecule has 0 aliphatic heterocycles. The molecule has 7 heteroatoms. The van der Waals surface area contributed by atoms with Crippen molar-refractivity contribution in [3.8, 4) is 0 Å². The zero-order chi connectivity index (χ0) is 19.7. The molecule has 0 saturated carbocycles. The summed E-state index contributed by atoms with van der Waals surface area (Å²) in [5.74, 6) is -1.57. The lowest BCUT2D eigenvalue weighted by atomic mass is 10.0. The fourth-order valence-corrected chi connectivity index (χ4v) is 2.52. The summed E-state index contributed by atoms with van der Waals surface area (Å²) >= 11 is 0. The Bertz CT molecular complexity index is 871. The fourth-order valence-electron chi connectivity index (χ4n) is 1.89. The maximum atomic E-state index is 13.7. The van der Waals surface area contributed by atoms with Crippen LogP contribution in [0.3, 0.4) is 0 Å². The molecule has 26 heavy (non-hydrogen) atoms. The Morgan fingerprint density at radius 3 is 2.12 bits per heavy atom. The number of carbonyl (C=O) groups is 1. The van der Waals surface area contributed by atoms with Gasteiger partial charge in [-0.2, -0.15) is 0 Å². The predicted molar refractivity (Wildman–Crippen MR) is 97.4 cm³/mol. The summed E-state index contributed by atoms with van der Waals surface area (Å²) in [4.78, 5) is 11.3. The monoisotopic (exact) mass is 382 g/mol. The molecule has 0 heterocycles. The van der Waals surface area contributed by atoms with Gasteiger partial charge in [0, 0.05) is 37.2 Å². The summed E-state index contributed by atoms with van der Waals surface area (Å²) in [6.07, 6.45) is 2.94. The average Bonchev–Trinajstić information content (AvgIpc) is 2.60. The van der Waals surface area contributed by atoms with E-state index in [0.717, 1.165) is 18.9 Å². The molecule has 2 aromatic rings. The molecule has 2 rings (SSSR count). The second kappa shape index (κ2) is 9.94. The lowest BCUT2D eigenvalue weighted by molar-refractivity contribution is -0.103. The number of benzene rings is 2. The first-order chi connectivity index (χ1) is 12.2. The van der Waals surface area contributed by atoms with Crippen molar-refractivity contribution in [2.24, 2.45) is 0 Å². The van der Waals surface area contributed by atoms with Gasteiger partial charge in [0.05, 0.1) is 4.90 Å². The number of rotatable bonds is 5. The summed E-state index contributed by atoms with van der Waals surface area (Å²) in [6, 6.07) is 8.72. The third-order valence-corrected chi connectivity index (χ3v) is 4.42. The van der Waals surface area contributed by atoms with Crippen molar-refractivity contribution < 1.29 is 26.7 Å². The highest BCUT2D eigenvalue weighted by atomic mass is 32.2. The summed E-state index contributed by atoms with van der Waals surface area (Å²) in [6.45, 7) is 2.78. The number of halogens is 2. The van der Waals surface area contributed by atoms with E-state index in [0.29, 0.717) is 17.9 Å². The number of allylic oxidation sites excluding steroid dienone is 1. The van der Waals surface area contributed by atoms with E-state index in [1.54, 1.807) is 7.11 Å². The molecule has 2 aromatic carbocycles. The normalized spacial score (nSPS) is 11.5. The van der Waals surface area contributed by atoms with Gasteiger partial charge in [0.2, 0.25) is 0 Å². The van der Waals surface area contributed by atoms with Crippen molar-refractivity contribution in [1.82, 2.24) is 0 Å². The molecule has 0 fully saturated rings. The van der Waals surface area contributed by atoms with Gasteiger partial charge in [0.15, 0.2) is 16.1 Å². The van der Waals surface area contributed by atoms with Gasteiger partial charge in [-0.25, -0.2) is 17.2 Å². The third-order valence-electron chi connectivity index (χ3n) is 3.29. The minimum absolute atomic E-state index is 0.0245. The van der Waals surface area contributed by atoms with Crippen LogP contribution in [-0.2, 0) is 19.4 Å². The Balaban J connectivity index is 0.000000765. The van der Waals surface area contributed by atoms with Crippen molar-refractivity contribution in [2.75, 3.05) is 20.0 Å².